The van der Waals surface area contributed by atoms with E-state index >= 15 is 0 Å². The third-order valence-electron chi connectivity index (χ3n) is 3.49. The molecule has 2 rings (SSSR count). The van der Waals surface area contributed by atoms with E-state index in [9.17, 15) is 9.59 Å². The number of nitrogens with zero attached hydrogens (tertiary/aromatic N) is 2. The summed E-state index contributed by atoms with van der Waals surface area (Å²) in [6.07, 6.45) is 4.24. The van der Waals surface area contributed by atoms with E-state index in [4.69, 9.17) is 11.6 Å². The molecular formula is C17H20ClN3O2. The number of benzene rings is 1. The number of unbranched alkanes of at least 4 members (excludes halogenated alkanes) is 1. The van der Waals surface area contributed by atoms with Crippen LogP contribution < -0.4 is 10.9 Å². The van der Waals surface area contributed by atoms with Crippen molar-refractivity contribution in [1.29, 1.82) is 0 Å². The number of rotatable bonds is 6. The fourth-order valence-corrected chi connectivity index (χ4v) is 2.28. The largest absolute Gasteiger partial charge is 0.324 e. The van der Waals surface area contributed by atoms with Crippen LogP contribution in [0, 0.1) is 6.92 Å². The molecule has 0 bridgehead atoms. The Hall–Kier alpha value is -2.14. The third kappa shape index (κ3) is 4.93. The zero-order valence-corrected chi connectivity index (χ0v) is 14.1. The molecule has 1 heterocycles. The summed E-state index contributed by atoms with van der Waals surface area (Å²) in [5, 5.41) is 3.31. The van der Waals surface area contributed by atoms with Crippen LogP contribution in [0.2, 0.25) is 5.02 Å². The highest BCUT2D eigenvalue weighted by atomic mass is 35.5. The summed E-state index contributed by atoms with van der Waals surface area (Å²) in [5.41, 5.74) is 2.08. The van der Waals surface area contributed by atoms with E-state index in [-0.39, 0.29) is 18.0 Å². The highest BCUT2D eigenvalue weighted by Crippen LogP contribution is 2.19. The van der Waals surface area contributed by atoms with Gasteiger partial charge in [-0.25, -0.2) is 4.98 Å². The van der Waals surface area contributed by atoms with E-state index in [2.05, 4.69) is 17.2 Å². The fraction of sp³-hybridized carbons (Fsp3) is 0.353. The third-order valence-corrected chi connectivity index (χ3v) is 3.90. The van der Waals surface area contributed by atoms with Crippen molar-refractivity contribution in [3.63, 3.8) is 0 Å². The van der Waals surface area contributed by atoms with Gasteiger partial charge in [-0.1, -0.05) is 31.0 Å². The van der Waals surface area contributed by atoms with Crippen molar-refractivity contribution in [2.45, 2.75) is 39.7 Å². The van der Waals surface area contributed by atoms with Crippen molar-refractivity contribution >= 4 is 23.2 Å². The Balaban J connectivity index is 2.02. The average molecular weight is 334 g/mol. The molecule has 2 aromatic rings. The van der Waals surface area contributed by atoms with Crippen LogP contribution in [0.3, 0.4) is 0 Å². The number of aromatic nitrogens is 2. The van der Waals surface area contributed by atoms with Crippen molar-refractivity contribution in [2.75, 3.05) is 5.32 Å². The molecule has 1 aromatic heterocycles. The van der Waals surface area contributed by atoms with Gasteiger partial charge < -0.3 is 5.32 Å². The molecule has 1 aromatic carbocycles. The molecule has 1 amide bonds. The van der Waals surface area contributed by atoms with Crippen LogP contribution in [0.1, 0.15) is 31.0 Å². The molecule has 0 fully saturated rings. The minimum absolute atomic E-state index is 0.0780. The molecule has 1 N–H and O–H groups in total. The molecule has 5 nitrogen and oxygen atoms in total. The van der Waals surface area contributed by atoms with Crippen LogP contribution in [0.5, 0.6) is 0 Å². The van der Waals surface area contributed by atoms with Crippen LogP contribution >= 0.6 is 11.6 Å². The summed E-state index contributed by atoms with van der Waals surface area (Å²) < 4.78 is 1.29. The number of amides is 1. The maximum atomic E-state index is 12.0. The second-order valence-electron chi connectivity index (χ2n) is 5.46. The smallest absolute Gasteiger partial charge is 0.253 e. The first-order chi connectivity index (χ1) is 11.0. The van der Waals surface area contributed by atoms with Gasteiger partial charge in [0.1, 0.15) is 6.54 Å². The maximum Gasteiger partial charge on any atom is 0.253 e. The van der Waals surface area contributed by atoms with Crippen molar-refractivity contribution in [3.8, 4) is 0 Å². The lowest BCUT2D eigenvalue weighted by Crippen LogP contribution is -2.27. The number of hydrogen-bond donors (Lipinski definition) is 1. The Bertz CT molecular complexity index is 756. The van der Waals surface area contributed by atoms with Crippen molar-refractivity contribution in [3.05, 3.63) is 57.2 Å². The minimum atomic E-state index is -0.296. The average Bonchev–Trinajstić information content (AvgIpc) is 2.51. The minimum Gasteiger partial charge on any atom is -0.324 e. The van der Waals surface area contributed by atoms with E-state index in [1.165, 1.54) is 17.0 Å². The van der Waals surface area contributed by atoms with E-state index in [1.807, 2.05) is 13.0 Å². The van der Waals surface area contributed by atoms with Gasteiger partial charge in [-0.15, -0.1) is 0 Å². The van der Waals surface area contributed by atoms with Crippen LogP contribution in [0.25, 0.3) is 0 Å². The first kappa shape index (κ1) is 17.2. The Morgan fingerprint density at radius 3 is 2.78 bits per heavy atom. The lowest BCUT2D eigenvalue weighted by atomic mass is 10.2. The molecule has 0 aliphatic carbocycles. The van der Waals surface area contributed by atoms with Gasteiger partial charge in [0.15, 0.2) is 0 Å². The SMILES string of the molecule is CCCCc1cc(=O)n(CC(=O)Nc2ccc(C)c(Cl)c2)cn1. The quantitative estimate of drug-likeness (QED) is 0.883. The summed E-state index contributed by atoms with van der Waals surface area (Å²) in [7, 11) is 0. The molecule has 23 heavy (non-hydrogen) atoms. The van der Waals surface area contributed by atoms with Crippen LogP contribution in [0.4, 0.5) is 5.69 Å². The van der Waals surface area contributed by atoms with E-state index in [1.54, 1.807) is 12.1 Å². The van der Waals surface area contributed by atoms with Gasteiger partial charge in [0, 0.05) is 22.5 Å². The van der Waals surface area contributed by atoms with E-state index in [0.717, 1.165) is 30.5 Å². The molecule has 0 saturated carbocycles. The predicted molar refractivity (Wildman–Crippen MR) is 91.9 cm³/mol. The first-order valence-electron chi connectivity index (χ1n) is 7.61. The van der Waals surface area contributed by atoms with Gasteiger partial charge in [-0.2, -0.15) is 0 Å². The molecule has 0 atom stereocenters. The van der Waals surface area contributed by atoms with Crippen molar-refractivity contribution in [1.82, 2.24) is 9.55 Å². The molecule has 122 valence electrons. The number of anilines is 1. The zero-order chi connectivity index (χ0) is 16.8. The number of carbonyl (C=O) groups is 1. The van der Waals surface area contributed by atoms with Gasteiger partial charge in [-0.3, -0.25) is 14.2 Å². The molecule has 0 radical (unpaired) electrons. The molecule has 0 unspecified atom stereocenters. The maximum absolute atomic E-state index is 12.0. The second kappa shape index (κ2) is 7.92. The predicted octanol–water partition coefficient (Wildman–Crippen LogP) is 3.19. The lowest BCUT2D eigenvalue weighted by Gasteiger charge is -2.09. The summed E-state index contributed by atoms with van der Waals surface area (Å²) in [6.45, 7) is 3.90. The molecule has 0 aliphatic rings. The second-order valence-corrected chi connectivity index (χ2v) is 5.87. The molecule has 0 saturated heterocycles. The van der Waals surface area contributed by atoms with E-state index in [0.29, 0.717) is 10.7 Å². The summed E-state index contributed by atoms with van der Waals surface area (Å²) in [6, 6.07) is 6.78. The van der Waals surface area contributed by atoms with Gasteiger partial charge in [0.2, 0.25) is 5.91 Å². The Morgan fingerprint density at radius 1 is 1.35 bits per heavy atom. The van der Waals surface area contributed by atoms with Crippen LogP contribution in [-0.4, -0.2) is 15.5 Å². The number of aryl methyl sites for hydroxylation is 2. The van der Waals surface area contributed by atoms with Gasteiger partial charge in [0.25, 0.3) is 5.56 Å². The highest BCUT2D eigenvalue weighted by molar-refractivity contribution is 6.31. The normalized spacial score (nSPS) is 10.6. The highest BCUT2D eigenvalue weighted by Gasteiger charge is 2.07. The zero-order valence-electron chi connectivity index (χ0n) is 13.3. The summed E-state index contributed by atoms with van der Waals surface area (Å²) in [4.78, 5) is 28.3. The molecule has 6 heteroatoms. The van der Waals surface area contributed by atoms with Crippen molar-refractivity contribution < 1.29 is 4.79 Å². The lowest BCUT2D eigenvalue weighted by molar-refractivity contribution is -0.116. The number of carbonyl (C=O) groups excluding carboxylic acids is 1. The number of nitrogens with one attached hydrogen (secondary N) is 1. The van der Waals surface area contributed by atoms with Crippen LogP contribution in [-0.2, 0) is 17.8 Å². The topological polar surface area (TPSA) is 64.0 Å². The monoisotopic (exact) mass is 333 g/mol. The van der Waals surface area contributed by atoms with Gasteiger partial charge in [0.05, 0.1) is 6.33 Å². The fourth-order valence-electron chi connectivity index (χ4n) is 2.10. The standard InChI is InChI=1S/C17H20ClN3O2/c1-3-4-5-13-9-17(23)21(11-19-13)10-16(22)20-14-7-6-12(2)15(18)8-14/h6-9,11H,3-5,10H2,1-2H3,(H,20,22). The van der Waals surface area contributed by atoms with E-state index < -0.39 is 0 Å². The van der Waals surface area contributed by atoms with Crippen molar-refractivity contribution in [2.24, 2.45) is 0 Å². The number of hydrogen-bond acceptors (Lipinski definition) is 3. The first-order valence-corrected chi connectivity index (χ1v) is 7.98. The Kier molecular flexibility index (Phi) is 5.93. The van der Waals surface area contributed by atoms with Gasteiger partial charge >= 0.3 is 0 Å². The summed E-state index contributed by atoms with van der Waals surface area (Å²) in [5.74, 6) is -0.296. The molecule has 0 aliphatic heterocycles. The molecule has 0 spiro atoms. The number of halogens is 1. The van der Waals surface area contributed by atoms with Gasteiger partial charge in [-0.05, 0) is 37.5 Å². The Morgan fingerprint density at radius 2 is 2.13 bits per heavy atom. The summed E-state index contributed by atoms with van der Waals surface area (Å²) >= 11 is 6.03. The Labute approximate surface area is 140 Å². The molecular weight excluding hydrogens is 314 g/mol. The van der Waals surface area contributed by atoms with Crippen LogP contribution in [0.15, 0.2) is 35.4 Å².